The Morgan fingerprint density at radius 3 is 2.17 bits per heavy atom. The highest BCUT2D eigenvalue weighted by Crippen LogP contribution is 2.34. The van der Waals surface area contributed by atoms with E-state index in [1.807, 2.05) is 59.8 Å². The lowest BCUT2D eigenvalue weighted by molar-refractivity contribution is -0.149. The molecule has 0 aliphatic heterocycles. The molecule has 198 valence electrons. The molecule has 0 aliphatic carbocycles. The Bertz CT molecular complexity index is 1060. The van der Waals surface area contributed by atoms with Crippen molar-refractivity contribution in [2.24, 2.45) is 5.92 Å². The number of allylic oxidation sites excluding steroid dienone is 3. The van der Waals surface area contributed by atoms with Crippen LogP contribution in [0.3, 0.4) is 0 Å². The van der Waals surface area contributed by atoms with Gasteiger partial charge in [-0.05, 0) is 82.4 Å². The second kappa shape index (κ2) is 13.4. The van der Waals surface area contributed by atoms with E-state index in [0.29, 0.717) is 17.6 Å². The number of benzene rings is 1. The molecule has 5 heteroatoms. The van der Waals surface area contributed by atoms with Gasteiger partial charge in [0.05, 0.1) is 5.57 Å². The van der Waals surface area contributed by atoms with Crippen LogP contribution in [-0.4, -0.2) is 30.3 Å². The topological polar surface area (TPSA) is 72.5 Å². The molecule has 1 aromatic carbocycles. The molecule has 0 aromatic heterocycles. The Kier molecular flexibility index (Phi) is 11.6. The van der Waals surface area contributed by atoms with Gasteiger partial charge in [0, 0.05) is 30.9 Å². The Morgan fingerprint density at radius 2 is 1.67 bits per heavy atom. The molecule has 1 N–H and O–H groups in total. The molecule has 1 amide bonds. The summed E-state index contributed by atoms with van der Waals surface area (Å²) >= 11 is 0. The number of rotatable bonds is 10. The van der Waals surface area contributed by atoms with E-state index in [4.69, 9.17) is 4.74 Å². The van der Waals surface area contributed by atoms with E-state index >= 15 is 0 Å². The molecule has 5 nitrogen and oxygen atoms in total. The molecule has 0 fully saturated rings. The van der Waals surface area contributed by atoms with Crippen molar-refractivity contribution < 1.29 is 19.1 Å². The maximum absolute atomic E-state index is 13.2. The van der Waals surface area contributed by atoms with E-state index in [2.05, 4.69) is 32.2 Å². The zero-order valence-corrected chi connectivity index (χ0v) is 24.1. The average molecular weight is 496 g/mol. The molecule has 1 unspecified atom stereocenters. The number of esters is 1. The third kappa shape index (κ3) is 8.92. The van der Waals surface area contributed by atoms with Gasteiger partial charge in [0.2, 0.25) is 5.91 Å². The number of carbonyl (C=O) groups excluding carboxylic acids is 3. The molecule has 0 bridgehead atoms. The zero-order chi connectivity index (χ0) is 27.8. The summed E-state index contributed by atoms with van der Waals surface area (Å²) in [6.45, 7) is 19.2. The van der Waals surface area contributed by atoms with Crippen LogP contribution in [0.15, 0.2) is 52.6 Å². The molecule has 36 heavy (non-hydrogen) atoms. The van der Waals surface area contributed by atoms with Crippen LogP contribution in [0.1, 0.15) is 91.3 Å². The van der Waals surface area contributed by atoms with Crippen molar-refractivity contribution in [3.8, 4) is 0 Å². The van der Waals surface area contributed by atoms with Crippen LogP contribution < -0.4 is 5.32 Å². The monoisotopic (exact) mass is 495 g/mol. The highest BCUT2D eigenvalue weighted by atomic mass is 16.6. The number of carbonyl (C=O) groups is 3. The van der Waals surface area contributed by atoms with Crippen LogP contribution in [0.25, 0.3) is 0 Å². The third-order valence-corrected chi connectivity index (χ3v) is 6.30. The normalized spacial score (nSPS) is 14.3. The number of amides is 1. The number of ketones is 1. The molecule has 0 spiro atoms. The Morgan fingerprint density at radius 1 is 1.06 bits per heavy atom. The molecule has 1 atom stereocenters. The highest BCUT2D eigenvalue weighted by Gasteiger charge is 2.23. The minimum Gasteiger partial charge on any atom is -0.456 e. The number of nitrogens with one attached hydrogen (secondary N) is 1. The van der Waals surface area contributed by atoms with Crippen molar-refractivity contribution in [1.82, 2.24) is 5.32 Å². The molecule has 0 saturated carbocycles. The number of hydrogen-bond donors (Lipinski definition) is 1. The van der Waals surface area contributed by atoms with Gasteiger partial charge in [0.1, 0.15) is 11.4 Å². The Balaban J connectivity index is 3.77. The number of ether oxygens (including phenoxy) is 1. The van der Waals surface area contributed by atoms with E-state index in [1.165, 1.54) is 0 Å². The van der Waals surface area contributed by atoms with Gasteiger partial charge in [0.25, 0.3) is 0 Å². The molecule has 1 aromatic rings. The van der Waals surface area contributed by atoms with Gasteiger partial charge in [-0.2, -0.15) is 0 Å². The van der Waals surface area contributed by atoms with E-state index in [1.54, 1.807) is 20.0 Å². The van der Waals surface area contributed by atoms with Gasteiger partial charge >= 0.3 is 5.97 Å². The summed E-state index contributed by atoms with van der Waals surface area (Å²) in [6, 6.07) is 6.11. The van der Waals surface area contributed by atoms with Crippen molar-refractivity contribution in [3.05, 3.63) is 69.3 Å². The van der Waals surface area contributed by atoms with Crippen LogP contribution in [0.5, 0.6) is 0 Å². The van der Waals surface area contributed by atoms with E-state index in [9.17, 15) is 14.4 Å². The van der Waals surface area contributed by atoms with Crippen molar-refractivity contribution in [2.45, 2.75) is 93.6 Å². The fraction of sp³-hybridized carbons (Fsp3) is 0.516. The summed E-state index contributed by atoms with van der Waals surface area (Å²) < 4.78 is 5.68. The van der Waals surface area contributed by atoms with Crippen molar-refractivity contribution in [2.75, 3.05) is 7.05 Å². The molecular weight excluding hydrogens is 450 g/mol. The van der Waals surface area contributed by atoms with Crippen molar-refractivity contribution in [3.63, 3.8) is 0 Å². The lowest BCUT2D eigenvalue weighted by Crippen LogP contribution is -2.25. The number of Topliss-reactive ketones (excluding diaryl/α,β-unsaturated/α-hetero) is 1. The van der Waals surface area contributed by atoms with Gasteiger partial charge in [-0.15, -0.1) is 0 Å². The maximum atomic E-state index is 13.2. The van der Waals surface area contributed by atoms with Crippen molar-refractivity contribution >= 4 is 17.7 Å². The minimum atomic E-state index is -0.679. The first-order chi connectivity index (χ1) is 16.6. The second-order valence-electron chi connectivity index (χ2n) is 10.8. The molecular formula is C31H45NO4. The van der Waals surface area contributed by atoms with Crippen molar-refractivity contribution in [1.29, 1.82) is 0 Å². The van der Waals surface area contributed by atoms with Gasteiger partial charge < -0.3 is 10.1 Å². The molecule has 1 rings (SSSR count). The molecule has 0 radical (unpaired) electrons. The summed E-state index contributed by atoms with van der Waals surface area (Å²) in [7, 11) is 1.56. The quantitative estimate of drug-likeness (QED) is 0.227. The van der Waals surface area contributed by atoms with Crippen LogP contribution in [0.2, 0.25) is 0 Å². The molecule has 0 heterocycles. The lowest BCUT2D eigenvalue weighted by atomic mass is 9.82. The zero-order valence-electron chi connectivity index (χ0n) is 24.1. The first kappa shape index (κ1) is 31.1. The second-order valence-corrected chi connectivity index (χ2v) is 10.8. The summed E-state index contributed by atoms with van der Waals surface area (Å²) in [5.41, 5.74) is 5.32. The van der Waals surface area contributed by atoms with E-state index in [0.717, 1.165) is 34.3 Å². The maximum Gasteiger partial charge on any atom is 0.338 e. The van der Waals surface area contributed by atoms with Gasteiger partial charge in [-0.3, -0.25) is 9.59 Å². The first-order valence-electron chi connectivity index (χ1n) is 12.8. The number of hydrogen-bond acceptors (Lipinski definition) is 4. The fourth-order valence-corrected chi connectivity index (χ4v) is 3.90. The predicted molar refractivity (Wildman–Crippen MR) is 148 cm³/mol. The third-order valence-electron chi connectivity index (χ3n) is 6.30. The Hall–Kier alpha value is -2.95. The largest absolute Gasteiger partial charge is 0.456 e. The van der Waals surface area contributed by atoms with Crippen LogP contribution in [0, 0.1) is 12.8 Å². The van der Waals surface area contributed by atoms with Crippen LogP contribution in [-0.2, 0) is 25.5 Å². The van der Waals surface area contributed by atoms with E-state index in [-0.39, 0.29) is 23.5 Å². The fourth-order valence-electron chi connectivity index (χ4n) is 3.90. The lowest BCUT2D eigenvalue weighted by Gasteiger charge is -2.23. The van der Waals surface area contributed by atoms with Gasteiger partial charge in [0.15, 0.2) is 0 Å². The minimum absolute atomic E-state index is 0.0448. The number of aryl methyl sites for hydroxylation is 1. The predicted octanol–water partition coefficient (Wildman–Crippen LogP) is 6.55. The summed E-state index contributed by atoms with van der Waals surface area (Å²) in [6.07, 6.45) is 4.60. The van der Waals surface area contributed by atoms with E-state index < -0.39 is 11.6 Å². The summed E-state index contributed by atoms with van der Waals surface area (Å²) in [5.74, 6) is -0.672. The van der Waals surface area contributed by atoms with Crippen LogP contribution >= 0.6 is 0 Å². The number of likely N-dealkylation sites (N-methyl/N-ethyl adjacent to an activating group) is 1. The summed E-state index contributed by atoms with van der Waals surface area (Å²) in [5, 5.41) is 2.60. The smallest absolute Gasteiger partial charge is 0.338 e. The summed E-state index contributed by atoms with van der Waals surface area (Å²) in [4.78, 5) is 38.1. The standard InChI is InChI=1S/C31H45NO4/c1-12-20(4)26(17-24(16-22(6)29(34)32-11)30(35)36-31(8,9)10)23(7)25-15-13-14-21(5)27(25)18-28(33)19(2)3/h13-17,19,23H,12,18H2,1-11H3,(H,32,34)/b22-16+,24-17+,26-20-. The van der Waals surface area contributed by atoms with Gasteiger partial charge in [-0.1, -0.05) is 51.5 Å². The van der Waals surface area contributed by atoms with Gasteiger partial charge in [-0.25, -0.2) is 4.79 Å². The highest BCUT2D eigenvalue weighted by molar-refractivity contribution is 5.98. The first-order valence-corrected chi connectivity index (χ1v) is 12.8. The molecule has 0 aliphatic rings. The van der Waals surface area contributed by atoms with Crippen LogP contribution in [0.4, 0.5) is 0 Å². The SMILES string of the molecule is CC/C(C)=C(/C=C(\C=C(/C)C(=O)NC)C(=O)OC(C)(C)C)C(C)c1cccc(C)c1CC(=O)C(C)C. The molecule has 0 saturated heterocycles. The Labute approximate surface area is 218 Å². The average Bonchev–Trinajstić information content (AvgIpc) is 2.79.